The fraction of sp³-hybridized carbons (Fsp3) is 0.545. The summed E-state index contributed by atoms with van der Waals surface area (Å²) in [6.45, 7) is 2.61. The Bertz CT molecular complexity index is 406. The van der Waals surface area contributed by atoms with Crippen molar-refractivity contribution in [3.63, 3.8) is 0 Å². The highest BCUT2D eigenvalue weighted by molar-refractivity contribution is 6.29. The monoisotopic (exact) mass is 240 g/mol. The molecular formula is C11H13ClN2O2. The molecule has 1 N–H and O–H groups in total. The van der Waals surface area contributed by atoms with Gasteiger partial charge in [-0.1, -0.05) is 0 Å². The molecule has 0 unspecified atom stereocenters. The minimum atomic E-state index is -0.0506. The number of carbonyl (C=O) groups is 1. The highest BCUT2D eigenvalue weighted by atomic mass is 35.5. The van der Waals surface area contributed by atoms with E-state index in [1.165, 1.54) is 6.42 Å². The molecule has 0 aliphatic carbocycles. The maximum Gasteiger partial charge on any atom is 0.289 e. The normalized spacial score (nSPS) is 28.4. The number of furan rings is 1. The lowest BCUT2D eigenvalue weighted by Crippen LogP contribution is -2.44. The van der Waals surface area contributed by atoms with E-state index in [1.54, 1.807) is 12.1 Å². The summed E-state index contributed by atoms with van der Waals surface area (Å²) in [5.41, 5.74) is 0. The number of nitrogens with zero attached hydrogens (tertiary/aromatic N) is 1. The van der Waals surface area contributed by atoms with Crippen molar-refractivity contribution in [2.45, 2.75) is 12.5 Å². The van der Waals surface area contributed by atoms with Crippen LogP contribution in [0.25, 0.3) is 0 Å². The Morgan fingerprint density at radius 3 is 3.06 bits per heavy atom. The lowest BCUT2D eigenvalue weighted by molar-refractivity contribution is 0.0659. The molecule has 1 aromatic rings. The van der Waals surface area contributed by atoms with Gasteiger partial charge in [-0.05, 0) is 36.1 Å². The van der Waals surface area contributed by atoms with E-state index in [4.69, 9.17) is 16.0 Å². The summed E-state index contributed by atoms with van der Waals surface area (Å²) in [5, 5.41) is 3.67. The Balaban J connectivity index is 1.76. The van der Waals surface area contributed by atoms with E-state index in [9.17, 15) is 4.79 Å². The smallest absolute Gasteiger partial charge is 0.289 e. The Morgan fingerprint density at radius 1 is 1.50 bits per heavy atom. The third-order valence-electron chi connectivity index (χ3n) is 3.30. The van der Waals surface area contributed by atoms with Crippen molar-refractivity contribution in [1.29, 1.82) is 0 Å². The molecule has 86 valence electrons. The fourth-order valence-electron chi connectivity index (χ4n) is 2.58. The number of piperidine rings is 1. The summed E-state index contributed by atoms with van der Waals surface area (Å²) in [5.74, 6) is 0.879. The number of nitrogens with one attached hydrogen (secondary N) is 1. The lowest BCUT2D eigenvalue weighted by atomic mass is 10.00. The van der Waals surface area contributed by atoms with E-state index < -0.39 is 0 Å². The van der Waals surface area contributed by atoms with Crippen molar-refractivity contribution in [2.75, 3.05) is 19.6 Å². The second kappa shape index (κ2) is 3.79. The Hall–Kier alpha value is -1.00. The van der Waals surface area contributed by atoms with Gasteiger partial charge in [-0.2, -0.15) is 0 Å². The minimum absolute atomic E-state index is 0.0506. The number of carbonyl (C=O) groups excluding carboxylic acids is 1. The van der Waals surface area contributed by atoms with E-state index in [2.05, 4.69) is 5.32 Å². The second-order valence-electron chi connectivity index (χ2n) is 4.52. The molecule has 2 bridgehead atoms. The van der Waals surface area contributed by atoms with Crippen LogP contribution >= 0.6 is 11.6 Å². The number of halogens is 1. The van der Waals surface area contributed by atoms with Gasteiger partial charge >= 0.3 is 0 Å². The number of amides is 1. The van der Waals surface area contributed by atoms with E-state index in [1.807, 2.05) is 4.90 Å². The third-order valence-corrected chi connectivity index (χ3v) is 3.51. The van der Waals surface area contributed by atoms with Crippen molar-refractivity contribution in [3.8, 4) is 0 Å². The van der Waals surface area contributed by atoms with Crippen molar-refractivity contribution in [3.05, 3.63) is 23.1 Å². The van der Waals surface area contributed by atoms with Gasteiger partial charge < -0.3 is 14.6 Å². The number of rotatable bonds is 1. The van der Waals surface area contributed by atoms with Crippen LogP contribution < -0.4 is 5.32 Å². The molecule has 2 atom stereocenters. The van der Waals surface area contributed by atoms with Crippen LogP contribution in [0.2, 0.25) is 5.22 Å². The molecule has 16 heavy (non-hydrogen) atoms. The van der Waals surface area contributed by atoms with E-state index in [0.29, 0.717) is 17.7 Å². The molecule has 1 aromatic heterocycles. The van der Waals surface area contributed by atoms with Gasteiger partial charge in [0.25, 0.3) is 5.91 Å². The van der Waals surface area contributed by atoms with Gasteiger partial charge in [-0.15, -0.1) is 0 Å². The first-order chi connectivity index (χ1) is 7.72. The molecule has 0 aromatic carbocycles. The molecule has 0 saturated carbocycles. The van der Waals surface area contributed by atoms with Gasteiger partial charge in [-0.3, -0.25) is 4.79 Å². The predicted octanol–water partition coefficient (Wildman–Crippen LogP) is 1.37. The molecule has 2 fully saturated rings. The molecule has 2 aliphatic heterocycles. The zero-order valence-electron chi connectivity index (χ0n) is 8.78. The molecule has 4 nitrogen and oxygen atoms in total. The molecule has 3 rings (SSSR count). The first-order valence-electron chi connectivity index (χ1n) is 5.50. The van der Waals surface area contributed by atoms with Gasteiger partial charge in [0.1, 0.15) is 0 Å². The van der Waals surface area contributed by atoms with Crippen LogP contribution in [0.5, 0.6) is 0 Å². The van der Waals surface area contributed by atoms with Crippen LogP contribution in [0.1, 0.15) is 17.0 Å². The molecule has 5 heteroatoms. The average Bonchev–Trinajstić information content (AvgIpc) is 2.84. The number of hydrogen-bond acceptors (Lipinski definition) is 3. The van der Waals surface area contributed by atoms with Crippen molar-refractivity contribution in [1.82, 2.24) is 10.2 Å². The Kier molecular flexibility index (Phi) is 2.41. The van der Waals surface area contributed by atoms with Crippen molar-refractivity contribution < 1.29 is 9.21 Å². The SMILES string of the molecule is O=C(c1ccc(Cl)o1)N1C[C@H]2CN[C@@H](C2)C1. The summed E-state index contributed by atoms with van der Waals surface area (Å²) >= 11 is 5.66. The number of likely N-dealkylation sites (tertiary alicyclic amines) is 1. The van der Waals surface area contributed by atoms with Crippen LogP contribution in [-0.4, -0.2) is 36.5 Å². The summed E-state index contributed by atoms with van der Waals surface area (Å²) in [6.07, 6.45) is 1.18. The van der Waals surface area contributed by atoms with Crippen molar-refractivity contribution >= 4 is 17.5 Å². The number of hydrogen-bond donors (Lipinski definition) is 1. The maximum absolute atomic E-state index is 12.1. The molecule has 2 aliphatic rings. The van der Waals surface area contributed by atoms with Gasteiger partial charge in [-0.25, -0.2) is 0 Å². The van der Waals surface area contributed by atoms with Crippen LogP contribution in [0.3, 0.4) is 0 Å². The second-order valence-corrected chi connectivity index (χ2v) is 4.89. The van der Waals surface area contributed by atoms with Crippen LogP contribution in [0, 0.1) is 5.92 Å². The average molecular weight is 241 g/mol. The predicted molar refractivity (Wildman–Crippen MR) is 59.5 cm³/mol. The van der Waals surface area contributed by atoms with E-state index >= 15 is 0 Å². The molecule has 1 amide bonds. The topological polar surface area (TPSA) is 45.5 Å². The highest BCUT2D eigenvalue weighted by Crippen LogP contribution is 2.24. The first kappa shape index (κ1) is 10.2. The largest absolute Gasteiger partial charge is 0.440 e. The molecule has 2 saturated heterocycles. The van der Waals surface area contributed by atoms with Crippen LogP contribution in [-0.2, 0) is 0 Å². The molecule has 3 heterocycles. The minimum Gasteiger partial charge on any atom is -0.440 e. The van der Waals surface area contributed by atoms with Gasteiger partial charge in [0.2, 0.25) is 0 Å². The van der Waals surface area contributed by atoms with E-state index in [-0.39, 0.29) is 11.1 Å². The summed E-state index contributed by atoms with van der Waals surface area (Å²) < 4.78 is 5.14. The van der Waals surface area contributed by atoms with Gasteiger partial charge in [0.05, 0.1) is 0 Å². The fourth-order valence-corrected chi connectivity index (χ4v) is 2.73. The van der Waals surface area contributed by atoms with E-state index in [0.717, 1.165) is 19.6 Å². The quantitative estimate of drug-likeness (QED) is 0.807. The lowest BCUT2D eigenvalue weighted by Gasteiger charge is -2.30. The van der Waals surface area contributed by atoms with Crippen LogP contribution in [0.4, 0.5) is 0 Å². The number of fused-ring (bicyclic) bond motifs is 2. The van der Waals surface area contributed by atoms with Crippen LogP contribution in [0.15, 0.2) is 16.5 Å². The van der Waals surface area contributed by atoms with Crippen molar-refractivity contribution in [2.24, 2.45) is 5.92 Å². The maximum atomic E-state index is 12.1. The first-order valence-corrected chi connectivity index (χ1v) is 5.88. The summed E-state index contributed by atoms with van der Waals surface area (Å²) in [7, 11) is 0. The standard InChI is InChI=1S/C11H13ClN2O2/c12-10-2-1-9(16-10)11(15)14-5-7-3-8(6-14)13-4-7/h1-2,7-8,13H,3-6H2/t7-,8+/m1/s1. The molecule has 0 spiro atoms. The zero-order chi connectivity index (χ0) is 11.1. The zero-order valence-corrected chi connectivity index (χ0v) is 9.54. The summed E-state index contributed by atoms with van der Waals surface area (Å²) in [6, 6.07) is 3.69. The Morgan fingerprint density at radius 2 is 2.38 bits per heavy atom. The Labute approximate surface area is 98.5 Å². The third kappa shape index (κ3) is 1.72. The molecular weight excluding hydrogens is 228 g/mol. The highest BCUT2D eigenvalue weighted by Gasteiger charge is 2.35. The van der Waals surface area contributed by atoms with Gasteiger partial charge in [0, 0.05) is 25.7 Å². The molecule has 0 radical (unpaired) electrons. The van der Waals surface area contributed by atoms with Gasteiger partial charge in [0.15, 0.2) is 11.0 Å². The summed E-state index contributed by atoms with van der Waals surface area (Å²) in [4.78, 5) is 13.9.